The second-order valence-electron chi connectivity index (χ2n) is 4.97. The van der Waals surface area contributed by atoms with Crippen LogP contribution in [0.15, 0.2) is 24.3 Å². The zero-order valence-electron chi connectivity index (χ0n) is 13.8. The molecule has 2 N–H and O–H groups in total. The SMILES string of the molecule is COc1cc(OC)nc(C(O)c2cccc(F)c2NS(=O)(=O)C(F)(F)F)n1. The van der Waals surface area contributed by atoms with Crippen molar-refractivity contribution in [2.45, 2.75) is 11.6 Å². The number of hydrogen-bond acceptors (Lipinski definition) is 7. The van der Waals surface area contributed by atoms with Crippen LogP contribution in [0, 0.1) is 5.82 Å². The Morgan fingerprint density at radius 3 is 2.19 bits per heavy atom. The maximum atomic E-state index is 14.0. The van der Waals surface area contributed by atoms with Crippen LogP contribution in [-0.2, 0) is 10.0 Å². The molecule has 0 radical (unpaired) electrons. The first-order valence-electron chi connectivity index (χ1n) is 7.02. The second-order valence-corrected chi connectivity index (χ2v) is 6.64. The largest absolute Gasteiger partial charge is 0.516 e. The molecule has 2 aromatic rings. The molecular formula is C14H13F4N3O5S. The van der Waals surface area contributed by atoms with Crippen molar-refractivity contribution in [3.63, 3.8) is 0 Å². The minimum atomic E-state index is -5.93. The lowest BCUT2D eigenvalue weighted by atomic mass is 10.1. The Hall–Kier alpha value is -2.67. The maximum Gasteiger partial charge on any atom is 0.516 e. The third-order valence-corrected chi connectivity index (χ3v) is 4.32. The molecule has 0 saturated heterocycles. The van der Waals surface area contributed by atoms with Crippen LogP contribution in [0.2, 0.25) is 0 Å². The van der Waals surface area contributed by atoms with Crippen molar-refractivity contribution in [3.8, 4) is 11.8 Å². The molecule has 0 spiro atoms. The van der Waals surface area contributed by atoms with Gasteiger partial charge in [-0.1, -0.05) is 12.1 Å². The van der Waals surface area contributed by atoms with Gasteiger partial charge in [0.25, 0.3) is 0 Å². The number of alkyl halides is 3. The predicted octanol–water partition coefficient (Wildman–Crippen LogP) is 1.98. The number of ether oxygens (including phenoxy) is 2. The molecule has 148 valence electrons. The van der Waals surface area contributed by atoms with Gasteiger partial charge in [-0.2, -0.15) is 31.6 Å². The van der Waals surface area contributed by atoms with Gasteiger partial charge in [0, 0.05) is 5.56 Å². The van der Waals surface area contributed by atoms with Crippen LogP contribution >= 0.6 is 0 Å². The summed E-state index contributed by atoms with van der Waals surface area (Å²) in [5.41, 5.74) is -7.32. The molecule has 8 nitrogen and oxygen atoms in total. The Morgan fingerprint density at radius 1 is 1.15 bits per heavy atom. The summed E-state index contributed by atoms with van der Waals surface area (Å²) in [4.78, 5) is 7.61. The average molecular weight is 411 g/mol. The highest BCUT2D eigenvalue weighted by Crippen LogP contribution is 2.33. The van der Waals surface area contributed by atoms with E-state index >= 15 is 0 Å². The molecule has 0 fully saturated rings. The zero-order valence-corrected chi connectivity index (χ0v) is 14.6. The van der Waals surface area contributed by atoms with Crippen LogP contribution in [0.3, 0.4) is 0 Å². The topological polar surface area (TPSA) is 111 Å². The van der Waals surface area contributed by atoms with E-state index in [4.69, 9.17) is 9.47 Å². The number of aliphatic hydroxyl groups is 1. The van der Waals surface area contributed by atoms with Gasteiger partial charge in [0.1, 0.15) is 11.9 Å². The monoisotopic (exact) mass is 411 g/mol. The van der Waals surface area contributed by atoms with Gasteiger partial charge in [-0.3, -0.25) is 4.72 Å². The van der Waals surface area contributed by atoms with E-state index in [0.29, 0.717) is 0 Å². The molecule has 1 aromatic carbocycles. The highest BCUT2D eigenvalue weighted by atomic mass is 32.2. The summed E-state index contributed by atoms with van der Waals surface area (Å²) in [7, 11) is -3.42. The van der Waals surface area contributed by atoms with Crippen LogP contribution in [-0.4, -0.2) is 43.2 Å². The van der Waals surface area contributed by atoms with Crippen LogP contribution < -0.4 is 14.2 Å². The van der Waals surface area contributed by atoms with Crippen molar-refractivity contribution in [2.24, 2.45) is 0 Å². The minimum Gasteiger partial charge on any atom is -0.481 e. The fraction of sp³-hybridized carbons (Fsp3) is 0.286. The summed E-state index contributed by atoms with van der Waals surface area (Å²) in [5.74, 6) is -1.85. The number of anilines is 1. The number of aliphatic hydroxyl groups excluding tert-OH is 1. The van der Waals surface area contributed by atoms with Crippen molar-refractivity contribution in [3.05, 3.63) is 41.5 Å². The van der Waals surface area contributed by atoms with Crippen LogP contribution in [0.25, 0.3) is 0 Å². The number of hydrogen-bond donors (Lipinski definition) is 2. The van der Waals surface area contributed by atoms with Crippen LogP contribution in [0.5, 0.6) is 11.8 Å². The summed E-state index contributed by atoms with van der Waals surface area (Å²) in [6, 6.07) is 4.06. The Kier molecular flexibility index (Phi) is 5.75. The number of nitrogens with one attached hydrogen (secondary N) is 1. The van der Waals surface area contributed by atoms with Crippen molar-refractivity contribution in [1.29, 1.82) is 0 Å². The number of benzene rings is 1. The van der Waals surface area contributed by atoms with E-state index in [-0.39, 0.29) is 11.8 Å². The summed E-state index contributed by atoms with van der Waals surface area (Å²) >= 11 is 0. The lowest BCUT2D eigenvalue weighted by Crippen LogP contribution is -2.31. The number of halogens is 4. The van der Waals surface area contributed by atoms with Gasteiger partial charge in [-0.05, 0) is 6.07 Å². The first-order valence-corrected chi connectivity index (χ1v) is 8.51. The molecule has 13 heteroatoms. The highest BCUT2D eigenvalue weighted by Gasteiger charge is 2.46. The molecule has 0 aliphatic rings. The van der Waals surface area contributed by atoms with Gasteiger partial charge < -0.3 is 14.6 Å². The number of para-hydroxylation sites is 1. The molecule has 2 rings (SSSR count). The molecule has 1 heterocycles. The van der Waals surface area contributed by atoms with E-state index in [1.165, 1.54) is 20.3 Å². The summed E-state index contributed by atoms with van der Waals surface area (Å²) in [6.45, 7) is 0. The molecule has 0 bridgehead atoms. The van der Waals surface area contributed by atoms with Gasteiger partial charge in [0.05, 0.1) is 26.0 Å². The van der Waals surface area contributed by atoms with Crippen LogP contribution in [0.4, 0.5) is 23.2 Å². The number of nitrogens with zero attached hydrogens (tertiary/aromatic N) is 2. The quantitative estimate of drug-likeness (QED) is 0.700. The van der Waals surface area contributed by atoms with Gasteiger partial charge in [-0.25, -0.2) is 4.39 Å². The van der Waals surface area contributed by atoms with Gasteiger partial charge in [0.2, 0.25) is 11.8 Å². The van der Waals surface area contributed by atoms with E-state index in [0.717, 1.165) is 22.9 Å². The Bertz CT molecular complexity index is 915. The summed E-state index contributed by atoms with van der Waals surface area (Å²) in [5, 5.41) is 10.4. The molecule has 1 atom stereocenters. The summed E-state index contributed by atoms with van der Waals surface area (Å²) < 4.78 is 85.4. The standard InChI is InChI=1S/C14H13F4N3O5S/c1-25-9-6-10(26-2)20-13(19-9)12(22)7-4-3-5-8(15)11(7)21-27(23,24)14(16,17)18/h3-6,12,21-22H,1-2H3. The number of sulfonamides is 1. The molecule has 1 aromatic heterocycles. The molecular weight excluding hydrogens is 398 g/mol. The van der Waals surface area contributed by atoms with Gasteiger partial charge in [-0.15, -0.1) is 0 Å². The van der Waals surface area contributed by atoms with Gasteiger partial charge in [0.15, 0.2) is 5.82 Å². The molecule has 27 heavy (non-hydrogen) atoms. The molecule has 0 amide bonds. The number of rotatable bonds is 6. The number of aromatic nitrogens is 2. The van der Waals surface area contributed by atoms with E-state index in [2.05, 4.69) is 9.97 Å². The van der Waals surface area contributed by atoms with Crippen molar-refractivity contribution < 1.29 is 40.6 Å². The molecule has 0 aliphatic carbocycles. The van der Waals surface area contributed by atoms with Crippen molar-refractivity contribution in [2.75, 3.05) is 18.9 Å². The Morgan fingerprint density at radius 2 is 1.70 bits per heavy atom. The Balaban J connectivity index is 2.55. The van der Waals surface area contributed by atoms with E-state index in [1.807, 2.05) is 0 Å². The van der Waals surface area contributed by atoms with Crippen molar-refractivity contribution in [1.82, 2.24) is 9.97 Å². The van der Waals surface area contributed by atoms with Crippen LogP contribution in [0.1, 0.15) is 17.5 Å². The summed E-state index contributed by atoms with van der Waals surface area (Å²) in [6.07, 6.45) is -1.89. The van der Waals surface area contributed by atoms with E-state index in [9.17, 15) is 31.1 Å². The normalized spacial score (nSPS) is 13.1. The van der Waals surface area contributed by atoms with Gasteiger partial charge >= 0.3 is 15.5 Å². The fourth-order valence-corrected chi connectivity index (χ4v) is 2.56. The minimum absolute atomic E-state index is 0.0512. The predicted molar refractivity (Wildman–Crippen MR) is 84.2 cm³/mol. The molecule has 1 unspecified atom stereocenters. The average Bonchev–Trinajstić information content (AvgIpc) is 2.61. The first-order chi connectivity index (χ1) is 12.5. The smallest absolute Gasteiger partial charge is 0.481 e. The third-order valence-electron chi connectivity index (χ3n) is 3.24. The highest BCUT2D eigenvalue weighted by molar-refractivity contribution is 7.93. The van der Waals surface area contributed by atoms with E-state index in [1.54, 1.807) is 0 Å². The van der Waals surface area contributed by atoms with E-state index < -0.39 is 44.5 Å². The first kappa shape index (κ1) is 20.6. The maximum absolute atomic E-state index is 14.0. The fourth-order valence-electron chi connectivity index (χ4n) is 1.96. The number of methoxy groups -OCH3 is 2. The van der Waals surface area contributed by atoms with Crippen molar-refractivity contribution >= 4 is 15.7 Å². The Labute approximate surface area is 150 Å². The lowest BCUT2D eigenvalue weighted by Gasteiger charge is -2.18. The molecule has 0 saturated carbocycles. The lowest BCUT2D eigenvalue weighted by molar-refractivity contribution is -0.0429. The second kappa shape index (κ2) is 7.52. The third kappa shape index (κ3) is 4.36. The molecule has 0 aliphatic heterocycles. The zero-order chi connectivity index (χ0) is 20.4.